The van der Waals surface area contributed by atoms with Crippen molar-refractivity contribution in [1.29, 1.82) is 0 Å². The van der Waals surface area contributed by atoms with Crippen molar-refractivity contribution in [2.45, 2.75) is 51.4 Å². The predicted molar refractivity (Wildman–Crippen MR) is 66.8 cm³/mol. The van der Waals surface area contributed by atoms with Crippen LogP contribution in [0.3, 0.4) is 0 Å². The molecule has 3 heteroatoms. The van der Waals surface area contributed by atoms with E-state index in [2.05, 4.69) is 18.7 Å². The lowest BCUT2D eigenvalue weighted by Gasteiger charge is -2.37. The van der Waals surface area contributed by atoms with Crippen LogP contribution < -0.4 is 0 Å². The van der Waals surface area contributed by atoms with Crippen LogP contribution in [0.15, 0.2) is 0 Å². The molecule has 0 amide bonds. The van der Waals surface area contributed by atoms with Crippen molar-refractivity contribution >= 4 is 0 Å². The summed E-state index contributed by atoms with van der Waals surface area (Å²) in [6.45, 7) is 8.52. The summed E-state index contributed by atoms with van der Waals surface area (Å²) in [5.41, 5.74) is 0. The molecule has 2 unspecified atom stereocenters. The van der Waals surface area contributed by atoms with Gasteiger partial charge in [0, 0.05) is 19.0 Å². The summed E-state index contributed by atoms with van der Waals surface area (Å²) in [5, 5.41) is 0. The van der Waals surface area contributed by atoms with E-state index in [1.54, 1.807) is 0 Å². The second-order valence-corrected chi connectivity index (χ2v) is 6.40. The molecule has 17 heavy (non-hydrogen) atoms. The first kappa shape index (κ1) is 11.9. The van der Waals surface area contributed by atoms with Crippen molar-refractivity contribution in [3.8, 4) is 0 Å². The van der Waals surface area contributed by atoms with Crippen molar-refractivity contribution < 1.29 is 9.47 Å². The van der Waals surface area contributed by atoms with Crippen molar-refractivity contribution in [2.24, 2.45) is 11.8 Å². The van der Waals surface area contributed by atoms with Gasteiger partial charge in [0.15, 0.2) is 5.79 Å². The number of hydrogen-bond acceptors (Lipinski definition) is 3. The molecule has 1 spiro atoms. The van der Waals surface area contributed by atoms with Gasteiger partial charge in [0.2, 0.25) is 0 Å². The fourth-order valence-corrected chi connectivity index (χ4v) is 4.03. The molecule has 2 atom stereocenters. The molecule has 3 aliphatic rings. The molecular formula is C14H25NO2. The highest BCUT2D eigenvalue weighted by molar-refractivity contribution is 4.92. The summed E-state index contributed by atoms with van der Waals surface area (Å²) in [6, 6.07) is 0.765. The van der Waals surface area contributed by atoms with Gasteiger partial charge in [0.1, 0.15) is 0 Å². The van der Waals surface area contributed by atoms with Crippen LogP contribution in [-0.4, -0.2) is 43.0 Å². The average molecular weight is 239 g/mol. The maximum Gasteiger partial charge on any atom is 0.182 e. The molecule has 3 rings (SSSR count). The Balaban J connectivity index is 1.62. The lowest BCUT2D eigenvalue weighted by molar-refractivity contribution is -0.147. The van der Waals surface area contributed by atoms with Crippen LogP contribution in [0.2, 0.25) is 0 Å². The molecule has 0 aromatic carbocycles. The fourth-order valence-electron chi connectivity index (χ4n) is 4.03. The Morgan fingerprint density at radius 1 is 1.00 bits per heavy atom. The Bertz CT molecular complexity index is 265. The van der Waals surface area contributed by atoms with E-state index in [0.717, 1.165) is 50.6 Å². The molecule has 1 saturated carbocycles. The third-order valence-electron chi connectivity index (χ3n) is 4.71. The first-order valence-corrected chi connectivity index (χ1v) is 7.19. The highest BCUT2D eigenvalue weighted by Crippen LogP contribution is 2.37. The average Bonchev–Trinajstić information content (AvgIpc) is 2.88. The predicted octanol–water partition coefficient (Wildman–Crippen LogP) is 2.26. The van der Waals surface area contributed by atoms with Gasteiger partial charge < -0.3 is 9.47 Å². The van der Waals surface area contributed by atoms with Gasteiger partial charge >= 0.3 is 0 Å². The highest BCUT2D eigenvalue weighted by atomic mass is 16.7. The molecule has 0 bridgehead atoms. The zero-order valence-electron chi connectivity index (χ0n) is 11.2. The van der Waals surface area contributed by atoms with Crippen LogP contribution in [0, 0.1) is 11.8 Å². The molecule has 2 aliphatic heterocycles. The maximum atomic E-state index is 5.81. The molecule has 98 valence electrons. The van der Waals surface area contributed by atoms with Gasteiger partial charge in [0.05, 0.1) is 19.8 Å². The first-order valence-electron chi connectivity index (χ1n) is 7.19. The maximum absolute atomic E-state index is 5.81. The number of likely N-dealkylation sites (tertiary alicyclic amines) is 1. The minimum Gasteiger partial charge on any atom is -0.346 e. The standard InChI is InChI=1S/C14H25NO2/c1-11-7-12(2)9-13(8-11)15-4-3-14(10-15)16-5-6-17-14/h11-13H,3-10H2,1-2H3. The second kappa shape index (κ2) is 4.52. The summed E-state index contributed by atoms with van der Waals surface area (Å²) in [6.07, 6.45) is 5.19. The van der Waals surface area contributed by atoms with Crippen LogP contribution in [0.1, 0.15) is 39.5 Å². The number of ether oxygens (including phenoxy) is 2. The largest absolute Gasteiger partial charge is 0.346 e. The van der Waals surface area contributed by atoms with Gasteiger partial charge in [-0.2, -0.15) is 0 Å². The zero-order valence-corrected chi connectivity index (χ0v) is 11.2. The topological polar surface area (TPSA) is 21.7 Å². The lowest BCUT2D eigenvalue weighted by Crippen LogP contribution is -2.42. The van der Waals surface area contributed by atoms with E-state index in [1.807, 2.05) is 0 Å². The summed E-state index contributed by atoms with van der Waals surface area (Å²) in [5.74, 6) is 1.53. The van der Waals surface area contributed by atoms with E-state index < -0.39 is 0 Å². The smallest absolute Gasteiger partial charge is 0.182 e. The Kier molecular flexibility index (Phi) is 3.18. The van der Waals surface area contributed by atoms with Crippen LogP contribution in [0.25, 0.3) is 0 Å². The van der Waals surface area contributed by atoms with Gasteiger partial charge in [0.25, 0.3) is 0 Å². The van der Waals surface area contributed by atoms with E-state index >= 15 is 0 Å². The van der Waals surface area contributed by atoms with E-state index in [9.17, 15) is 0 Å². The molecule has 2 heterocycles. The molecule has 1 aliphatic carbocycles. The van der Waals surface area contributed by atoms with E-state index in [4.69, 9.17) is 9.47 Å². The van der Waals surface area contributed by atoms with Crippen LogP contribution >= 0.6 is 0 Å². The molecular weight excluding hydrogens is 214 g/mol. The molecule has 0 N–H and O–H groups in total. The summed E-state index contributed by atoms with van der Waals surface area (Å²) in [7, 11) is 0. The number of nitrogens with zero attached hydrogens (tertiary/aromatic N) is 1. The number of rotatable bonds is 1. The normalized spacial score (nSPS) is 42.4. The monoisotopic (exact) mass is 239 g/mol. The van der Waals surface area contributed by atoms with Crippen molar-refractivity contribution in [2.75, 3.05) is 26.3 Å². The fraction of sp³-hybridized carbons (Fsp3) is 1.00. The van der Waals surface area contributed by atoms with Crippen LogP contribution in [-0.2, 0) is 9.47 Å². The molecule has 2 saturated heterocycles. The minimum absolute atomic E-state index is 0.232. The molecule has 0 aromatic heterocycles. The van der Waals surface area contributed by atoms with Crippen molar-refractivity contribution in [3.05, 3.63) is 0 Å². The minimum atomic E-state index is -0.232. The summed E-state index contributed by atoms with van der Waals surface area (Å²) >= 11 is 0. The zero-order chi connectivity index (χ0) is 11.9. The molecule has 0 aromatic rings. The summed E-state index contributed by atoms with van der Waals surface area (Å²) < 4.78 is 11.6. The van der Waals surface area contributed by atoms with Crippen molar-refractivity contribution in [3.63, 3.8) is 0 Å². The number of hydrogen-bond donors (Lipinski definition) is 0. The Hall–Kier alpha value is -0.120. The van der Waals surface area contributed by atoms with Gasteiger partial charge in [-0.05, 0) is 31.1 Å². The van der Waals surface area contributed by atoms with Gasteiger partial charge in [-0.15, -0.1) is 0 Å². The third kappa shape index (κ3) is 2.38. The Morgan fingerprint density at radius 3 is 2.29 bits per heavy atom. The van der Waals surface area contributed by atoms with E-state index in [0.29, 0.717) is 0 Å². The highest BCUT2D eigenvalue weighted by Gasteiger charge is 2.45. The second-order valence-electron chi connectivity index (χ2n) is 6.40. The SMILES string of the molecule is CC1CC(C)CC(N2CCC3(C2)OCCO3)C1. The lowest BCUT2D eigenvalue weighted by atomic mass is 9.80. The van der Waals surface area contributed by atoms with Gasteiger partial charge in [-0.3, -0.25) is 4.90 Å². The molecule has 3 fully saturated rings. The molecule has 3 nitrogen and oxygen atoms in total. The van der Waals surface area contributed by atoms with E-state index in [-0.39, 0.29) is 5.79 Å². The van der Waals surface area contributed by atoms with Gasteiger partial charge in [-0.25, -0.2) is 0 Å². The first-order chi connectivity index (χ1) is 8.17. The van der Waals surface area contributed by atoms with Crippen LogP contribution in [0.4, 0.5) is 0 Å². The van der Waals surface area contributed by atoms with Crippen molar-refractivity contribution in [1.82, 2.24) is 4.90 Å². The van der Waals surface area contributed by atoms with E-state index in [1.165, 1.54) is 19.3 Å². The quantitative estimate of drug-likeness (QED) is 0.700. The Labute approximate surface area is 104 Å². The Morgan fingerprint density at radius 2 is 1.65 bits per heavy atom. The van der Waals surface area contributed by atoms with Crippen LogP contribution in [0.5, 0.6) is 0 Å². The molecule has 0 radical (unpaired) electrons. The van der Waals surface area contributed by atoms with Gasteiger partial charge in [-0.1, -0.05) is 13.8 Å². The third-order valence-corrected chi connectivity index (χ3v) is 4.71. The summed E-state index contributed by atoms with van der Waals surface area (Å²) in [4.78, 5) is 2.62.